The highest BCUT2D eigenvalue weighted by atomic mass is 16.2. The molecular formula is C12H23N3O. The van der Waals surface area contributed by atoms with Crippen molar-refractivity contribution < 1.29 is 4.79 Å². The van der Waals surface area contributed by atoms with Crippen molar-refractivity contribution in [2.24, 2.45) is 11.7 Å². The van der Waals surface area contributed by atoms with E-state index in [0.717, 1.165) is 32.5 Å². The summed E-state index contributed by atoms with van der Waals surface area (Å²) in [5.41, 5.74) is 5.65. The second-order valence-corrected chi connectivity index (χ2v) is 5.19. The molecule has 1 aliphatic carbocycles. The summed E-state index contributed by atoms with van der Waals surface area (Å²) in [7, 11) is 1.94. The van der Waals surface area contributed by atoms with Crippen LogP contribution in [0.4, 0.5) is 0 Å². The summed E-state index contributed by atoms with van der Waals surface area (Å²) >= 11 is 0. The second-order valence-electron chi connectivity index (χ2n) is 5.19. The van der Waals surface area contributed by atoms with E-state index in [0.29, 0.717) is 18.5 Å². The average molecular weight is 225 g/mol. The van der Waals surface area contributed by atoms with Crippen LogP contribution in [0.5, 0.6) is 0 Å². The first-order valence-electron chi connectivity index (χ1n) is 6.38. The lowest BCUT2D eigenvalue weighted by atomic mass is 9.97. The summed E-state index contributed by atoms with van der Waals surface area (Å²) < 4.78 is 0. The van der Waals surface area contributed by atoms with Crippen LogP contribution >= 0.6 is 0 Å². The number of amides is 1. The number of hydrogen-bond acceptors (Lipinski definition) is 3. The fourth-order valence-electron chi connectivity index (χ4n) is 2.35. The third kappa shape index (κ3) is 2.95. The van der Waals surface area contributed by atoms with Crippen LogP contribution in [0.3, 0.4) is 0 Å². The third-order valence-corrected chi connectivity index (χ3v) is 3.89. The van der Waals surface area contributed by atoms with Crippen molar-refractivity contribution in [2.45, 2.75) is 31.7 Å². The van der Waals surface area contributed by atoms with Gasteiger partial charge < -0.3 is 10.6 Å². The topological polar surface area (TPSA) is 49.6 Å². The molecule has 0 aromatic carbocycles. The smallest absolute Gasteiger partial charge is 0.236 e. The fraction of sp³-hybridized carbons (Fsp3) is 0.917. The largest absolute Gasteiger partial charge is 0.342 e. The molecule has 2 rings (SSSR count). The van der Waals surface area contributed by atoms with E-state index in [9.17, 15) is 4.79 Å². The van der Waals surface area contributed by atoms with Crippen LogP contribution in [0.1, 0.15) is 25.7 Å². The van der Waals surface area contributed by atoms with Crippen LogP contribution < -0.4 is 5.73 Å². The molecule has 0 atom stereocenters. The number of hydrogen-bond donors (Lipinski definition) is 1. The van der Waals surface area contributed by atoms with Crippen molar-refractivity contribution in [3.05, 3.63) is 0 Å². The maximum atomic E-state index is 11.9. The van der Waals surface area contributed by atoms with Crippen molar-refractivity contribution in [3.8, 4) is 0 Å². The van der Waals surface area contributed by atoms with Gasteiger partial charge in [0, 0.05) is 13.1 Å². The summed E-state index contributed by atoms with van der Waals surface area (Å²) in [6, 6.07) is 0.536. The third-order valence-electron chi connectivity index (χ3n) is 3.89. The summed E-state index contributed by atoms with van der Waals surface area (Å²) in [6.07, 6.45) is 4.68. The maximum absolute atomic E-state index is 11.9. The van der Waals surface area contributed by atoms with Crippen LogP contribution in [0.15, 0.2) is 0 Å². The number of piperidine rings is 1. The van der Waals surface area contributed by atoms with Crippen molar-refractivity contribution in [1.29, 1.82) is 0 Å². The number of nitrogens with zero attached hydrogens (tertiary/aromatic N) is 2. The van der Waals surface area contributed by atoms with Gasteiger partial charge in [-0.05, 0) is 51.2 Å². The zero-order chi connectivity index (χ0) is 11.5. The Morgan fingerprint density at radius 2 is 1.94 bits per heavy atom. The molecule has 1 saturated carbocycles. The second kappa shape index (κ2) is 5.15. The van der Waals surface area contributed by atoms with E-state index >= 15 is 0 Å². The molecule has 1 heterocycles. The van der Waals surface area contributed by atoms with Gasteiger partial charge in [0.1, 0.15) is 0 Å². The van der Waals surface area contributed by atoms with Crippen LogP contribution in [-0.4, -0.2) is 55.0 Å². The molecule has 0 bridgehead atoms. The highest BCUT2D eigenvalue weighted by molar-refractivity contribution is 5.78. The monoisotopic (exact) mass is 225 g/mol. The van der Waals surface area contributed by atoms with Gasteiger partial charge in [0.2, 0.25) is 5.91 Å². The Labute approximate surface area is 97.8 Å². The SMILES string of the molecule is CN(C(=O)CN1CCC(CN)CC1)C1CC1. The molecule has 1 amide bonds. The van der Waals surface area contributed by atoms with Crippen LogP contribution in [0.2, 0.25) is 0 Å². The van der Waals surface area contributed by atoms with Gasteiger partial charge in [-0.25, -0.2) is 0 Å². The van der Waals surface area contributed by atoms with Gasteiger partial charge in [-0.3, -0.25) is 9.69 Å². The molecule has 1 aliphatic heterocycles. The minimum absolute atomic E-state index is 0.286. The Morgan fingerprint density at radius 1 is 1.31 bits per heavy atom. The van der Waals surface area contributed by atoms with Crippen molar-refractivity contribution in [3.63, 3.8) is 0 Å². The van der Waals surface area contributed by atoms with Gasteiger partial charge in [-0.1, -0.05) is 0 Å². The number of rotatable bonds is 4. The van der Waals surface area contributed by atoms with Gasteiger partial charge >= 0.3 is 0 Å². The van der Waals surface area contributed by atoms with E-state index in [4.69, 9.17) is 5.73 Å². The van der Waals surface area contributed by atoms with Gasteiger partial charge in [-0.15, -0.1) is 0 Å². The molecule has 2 fully saturated rings. The lowest BCUT2D eigenvalue weighted by Crippen LogP contribution is -2.43. The Bertz CT molecular complexity index is 245. The van der Waals surface area contributed by atoms with Crippen LogP contribution in [0, 0.1) is 5.92 Å². The lowest BCUT2D eigenvalue weighted by Gasteiger charge is -2.31. The first kappa shape index (κ1) is 11.9. The normalized spacial score (nSPS) is 23.4. The molecule has 4 nitrogen and oxygen atoms in total. The van der Waals surface area contributed by atoms with Crippen molar-refractivity contribution >= 4 is 5.91 Å². The Balaban J connectivity index is 1.71. The Kier molecular flexibility index (Phi) is 3.82. The Hall–Kier alpha value is -0.610. The average Bonchev–Trinajstić information content (AvgIpc) is 3.13. The zero-order valence-corrected chi connectivity index (χ0v) is 10.2. The first-order chi connectivity index (χ1) is 7.70. The quantitative estimate of drug-likeness (QED) is 0.747. The molecule has 16 heavy (non-hydrogen) atoms. The van der Waals surface area contributed by atoms with E-state index in [-0.39, 0.29) is 5.91 Å². The number of carbonyl (C=O) groups excluding carboxylic acids is 1. The van der Waals surface area contributed by atoms with Crippen LogP contribution in [0.25, 0.3) is 0 Å². The number of carbonyl (C=O) groups is 1. The molecule has 0 spiro atoms. The minimum atomic E-state index is 0.286. The molecule has 92 valence electrons. The standard InChI is InChI=1S/C12H23N3O/c1-14(11-2-3-11)12(16)9-15-6-4-10(8-13)5-7-15/h10-11H,2-9,13H2,1H3. The summed E-state index contributed by atoms with van der Waals surface area (Å²) in [5, 5.41) is 0. The molecule has 1 saturated heterocycles. The highest BCUT2D eigenvalue weighted by Crippen LogP contribution is 2.25. The predicted molar refractivity (Wildman–Crippen MR) is 64.0 cm³/mol. The molecule has 2 aliphatic rings. The first-order valence-corrected chi connectivity index (χ1v) is 6.38. The molecular weight excluding hydrogens is 202 g/mol. The summed E-state index contributed by atoms with van der Waals surface area (Å²) in [5.74, 6) is 0.959. The number of likely N-dealkylation sites (N-methyl/N-ethyl adjacent to an activating group) is 1. The summed E-state index contributed by atoms with van der Waals surface area (Å²) in [6.45, 7) is 3.46. The van der Waals surface area contributed by atoms with E-state index < -0.39 is 0 Å². The van der Waals surface area contributed by atoms with Gasteiger partial charge in [0.25, 0.3) is 0 Å². The molecule has 0 radical (unpaired) electrons. The maximum Gasteiger partial charge on any atom is 0.236 e. The predicted octanol–water partition coefficient (Wildman–Crippen LogP) is 0.278. The van der Waals surface area contributed by atoms with E-state index in [2.05, 4.69) is 4.90 Å². The highest BCUT2D eigenvalue weighted by Gasteiger charge is 2.30. The molecule has 0 aromatic heterocycles. The fourth-order valence-corrected chi connectivity index (χ4v) is 2.35. The Morgan fingerprint density at radius 3 is 2.44 bits per heavy atom. The zero-order valence-electron chi connectivity index (χ0n) is 10.2. The van der Waals surface area contributed by atoms with E-state index in [1.165, 1.54) is 12.8 Å². The van der Waals surface area contributed by atoms with Crippen molar-refractivity contribution in [2.75, 3.05) is 33.2 Å². The molecule has 0 unspecified atom stereocenters. The minimum Gasteiger partial charge on any atom is -0.342 e. The van der Waals surface area contributed by atoms with E-state index in [1.807, 2.05) is 11.9 Å². The summed E-state index contributed by atoms with van der Waals surface area (Å²) in [4.78, 5) is 16.1. The number of nitrogens with two attached hydrogens (primary N) is 1. The van der Waals surface area contributed by atoms with E-state index in [1.54, 1.807) is 0 Å². The molecule has 0 aromatic rings. The molecule has 4 heteroatoms. The lowest BCUT2D eigenvalue weighted by molar-refractivity contribution is -0.131. The van der Waals surface area contributed by atoms with Gasteiger partial charge in [-0.2, -0.15) is 0 Å². The van der Waals surface area contributed by atoms with Gasteiger partial charge in [0.05, 0.1) is 6.54 Å². The molecule has 2 N–H and O–H groups in total. The number of likely N-dealkylation sites (tertiary alicyclic amines) is 1. The van der Waals surface area contributed by atoms with Crippen molar-refractivity contribution in [1.82, 2.24) is 9.80 Å². The van der Waals surface area contributed by atoms with Crippen LogP contribution in [-0.2, 0) is 4.79 Å². The van der Waals surface area contributed by atoms with Gasteiger partial charge in [0.15, 0.2) is 0 Å².